The van der Waals surface area contributed by atoms with Crippen LogP contribution >= 0.6 is 0 Å². The first kappa shape index (κ1) is 6.38. The van der Waals surface area contributed by atoms with Crippen LogP contribution in [0.3, 0.4) is 0 Å². The molecule has 1 N–H and O–H groups in total. The van der Waals surface area contributed by atoms with Crippen molar-refractivity contribution in [2.45, 2.75) is 12.8 Å². The van der Waals surface area contributed by atoms with Crippen molar-refractivity contribution in [3.05, 3.63) is 12.2 Å². The van der Waals surface area contributed by atoms with Crippen LogP contribution in [0.4, 0.5) is 0 Å². The zero-order chi connectivity index (χ0) is 5.82. The van der Waals surface area contributed by atoms with Crippen LogP contribution < -0.4 is 5.32 Å². The summed E-state index contributed by atoms with van der Waals surface area (Å²) in [6.07, 6.45) is 6.90. The Morgan fingerprint density at radius 2 is 2.38 bits per heavy atom. The Morgan fingerprint density at radius 1 is 1.50 bits per heavy atom. The molecule has 0 amide bonds. The molecule has 1 heterocycles. The summed E-state index contributed by atoms with van der Waals surface area (Å²) in [4.78, 5) is 0. The Balaban J connectivity index is 2.39. The molecule has 1 aliphatic heterocycles. The molecule has 2 heteroatoms. The molecule has 0 radical (unpaired) electrons. The van der Waals surface area contributed by atoms with E-state index in [2.05, 4.69) is 17.5 Å². The van der Waals surface area contributed by atoms with Gasteiger partial charge in [0.2, 0.25) is 0 Å². The van der Waals surface area contributed by atoms with E-state index >= 15 is 0 Å². The fourth-order valence-corrected chi connectivity index (χ4v) is 1.40. The topological polar surface area (TPSA) is 12.0 Å². The van der Waals surface area contributed by atoms with Crippen molar-refractivity contribution in [2.75, 3.05) is 6.54 Å². The van der Waals surface area contributed by atoms with Gasteiger partial charge in [-0.1, -0.05) is 0 Å². The van der Waals surface area contributed by atoms with Crippen LogP contribution in [0, 0.1) is 0 Å². The number of hydrogen-bond acceptors (Lipinski definition) is 1. The first-order valence-electron chi connectivity index (χ1n) is 2.81. The van der Waals surface area contributed by atoms with Crippen molar-refractivity contribution in [2.24, 2.45) is 0 Å². The molecule has 0 atom stereocenters. The van der Waals surface area contributed by atoms with E-state index in [0.29, 0.717) is 0 Å². The fraction of sp³-hybridized carbons (Fsp3) is 0.500. The van der Waals surface area contributed by atoms with E-state index in [1.807, 2.05) is 0 Å². The Bertz CT molecular complexity index is 106. The molecule has 0 saturated carbocycles. The average Bonchev–Trinajstić information content (AvgIpc) is 1.94. The molecule has 1 rings (SSSR count). The first-order valence-corrected chi connectivity index (χ1v) is 4.28. The van der Waals surface area contributed by atoms with E-state index in [0.717, 1.165) is 6.54 Å². The summed E-state index contributed by atoms with van der Waals surface area (Å²) in [6, 6.07) is 0. The third-order valence-electron chi connectivity index (χ3n) is 1.12. The second kappa shape index (κ2) is 3.32. The van der Waals surface area contributed by atoms with Crippen molar-refractivity contribution in [1.82, 2.24) is 5.32 Å². The Kier molecular flexibility index (Phi) is 2.64. The van der Waals surface area contributed by atoms with Crippen LogP contribution in [0.15, 0.2) is 12.2 Å². The van der Waals surface area contributed by atoms with E-state index in [1.54, 1.807) is 19.4 Å². The number of hydrogen-bond donors (Lipinski definition) is 1. The normalized spacial score (nSPS) is 20.8. The quantitative estimate of drug-likeness (QED) is 0.640. The third-order valence-corrected chi connectivity index (χ3v) is 2.37. The van der Waals surface area contributed by atoms with E-state index in [-0.39, 0.29) is 0 Å². The maximum absolute atomic E-state index is 3.31. The molecule has 0 unspecified atom stereocenters. The second-order valence-electron chi connectivity index (χ2n) is 1.81. The van der Waals surface area contributed by atoms with E-state index in [1.165, 1.54) is 16.9 Å². The molecule has 8 heavy (non-hydrogen) atoms. The predicted octanol–water partition coefficient (Wildman–Crippen LogP) is 0.603. The predicted molar refractivity (Wildman–Crippen MR) is 31.4 cm³/mol. The van der Waals surface area contributed by atoms with Crippen molar-refractivity contribution in [3.8, 4) is 0 Å². The van der Waals surface area contributed by atoms with Crippen molar-refractivity contribution in [3.63, 3.8) is 0 Å². The van der Waals surface area contributed by atoms with Gasteiger partial charge in [0.25, 0.3) is 0 Å². The van der Waals surface area contributed by atoms with E-state index in [9.17, 15) is 0 Å². The van der Waals surface area contributed by atoms with Gasteiger partial charge in [0.15, 0.2) is 0 Å². The summed E-state index contributed by atoms with van der Waals surface area (Å²) >= 11 is 1.59. The van der Waals surface area contributed by atoms with Gasteiger partial charge in [0, 0.05) is 0 Å². The standard InChI is InChI=1S/C6H9N.W/c1-2-4-6-7-5-3-1;/h1,3,7H,2,4-5H2;. The maximum atomic E-state index is 3.31. The summed E-state index contributed by atoms with van der Waals surface area (Å²) in [5.41, 5.74) is 0. The fourth-order valence-electron chi connectivity index (χ4n) is 0.677. The van der Waals surface area contributed by atoms with Crippen molar-refractivity contribution < 1.29 is 19.4 Å². The average molecular weight is 279 g/mol. The van der Waals surface area contributed by atoms with Gasteiger partial charge in [0.05, 0.1) is 0 Å². The van der Waals surface area contributed by atoms with Crippen LogP contribution in [-0.4, -0.2) is 10.6 Å². The van der Waals surface area contributed by atoms with Gasteiger partial charge in [-0.2, -0.15) is 0 Å². The molecule has 0 aromatic heterocycles. The number of rotatable bonds is 0. The van der Waals surface area contributed by atoms with Gasteiger partial charge in [-0.3, -0.25) is 0 Å². The molecule has 0 aromatic carbocycles. The molecule has 0 aromatic rings. The van der Waals surface area contributed by atoms with Crippen LogP contribution in [0.5, 0.6) is 0 Å². The minimum absolute atomic E-state index is 1.04. The molecule has 0 spiro atoms. The Morgan fingerprint density at radius 3 is 3.25 bits per heavy atom. The molecule has 0 aliphatic carbocycles. The Labute approximate surface area is 60.6 Å². The number of allylic oxidation sites excluding steroid dienone is 1. The van der Waals surface area contributed by atoms with Gasteiger partial charge >= 0.3 is 60.2 Å². The van der Waals surface area contributed by atoms with Gasteiger partial charge < -0.3 is 0 Å². The molecule has 44 valence electrons. The zero-order valence-corrected chi connectivity index (χ0v) is 7.62. The van der Waals surface area contributed by atoms with E-state index in [4.69, 9.17) is 0 Å². The van der Waals surface area contributed by atoms with E-state index < -0.39 is 0 Å². The van der Waals surface area contributed by atoms with Crippen LogP contribution in [0.2, 0.25) is 0 Å². The van der Waals surface area contributed by atoms with Gasteiger partial charge in [-0.05, 0) is 0 Å². The second-order valence-corrected chi connectivity index (χ2v) is 3.58. The molecular weight excluding hydrogens is 270 g/mol. The summed E-state index contributed by atoms with van der Waals surface area (Å²) in [5.74, 6) is 0. The molecule has 0 fully saturated rings. The third kappa shape index (κ3) is 2.02. The van der Waals surface area contributed by atoms with Crippen LogP contribution in [-0.2, 0) is 19.4 Å². The van der Waals surface area contributed by atoms with Crippen LogP contribution in [0.1, 0.15) is 12.8 Å². The molecule has 1 nitrogen and oxygen atoms in total. The molecule has 0 saturated heterocycles. The summed E-state index contributed by atoms with van der Waals surface area (Å²) < 4.78 is 1.50. The zero-order valence-electron chi connectivity index (χ0n) is 4.68. The van der Waals surface area contributed by atoms with Crippen molar-refractivity contribution in [1.29, 1.82) is 0 Å². The number of nitrogens with one attached hydrogen (secondary N) is 1. The molecular formula is C6H9NW. The SMILES string of the molecule is [W]=[C]1CCC=CCN1. The summed E-state index contributed by atoms with van der Waals surface area (Å²) in [7, 11) is 0. The summed E-state index contributed by atoms with van der Waals surface area (Å²) in [5, 5.41) is 3.31. The molecule has 0 bridgehead atoms. The van der Waals surface area contributed by atoms with Gasteiger partial charge in [0.1, 0.15) is 0 Å². The Hall–Kier alpha value is 0.258. The minimum atomic E-state index is 1.04. The molecule has 1 aliphatic rings. The summed E-state index contributed by atoms with van der Waals surface area (Å²) in [6.45, 7) is 1.04. The first-order chi connectivity index (χ1) is 3.89. The van der Waals surface area contributed by atoms with Gasteiger partial charge in [-0.25, -0.2) is 0 Å². The van der Waals surface area contributed by atoms with Crippen molar-refractivity contribution >= 4 is 4.02 Å². The van der Waals surface area contributed by atoms with Gasteiger partial charge in [-0.15, -0.1) is 0 Å². The van der Waals surface area contributed by atoms with Crippen LogP contribution in [0.25, 0.3) is 0 Å². The monoisotopic (exact) mass is 279 g/mol.